The number of sulfone groups is 1. The molecule has 0 aliphatic heterocycles. The molecule has 0 amide bonds. The minimum Gasteiger partial charge on any atom is -0.383 e. The van der Waals surface area contributed by atoms with Gasteiger partial charge in [-0.25, -0.2) is 8.42 Å². The number of rotatable bonds is 10. The summed E-state index contributed by atoms with van der Waals surface area (Å²) in [6.45, 7) is 6.62. The van der Waals surface area contributed by atoms with Crippen molar-refractivity contribution in [3.05, 3.63) is 0 Å². The van der Waals surface area contributed by atoms with Crippen LogP contribution in [0.15, 0.2) is 0 Å². The van der Waals surface area contributed by atoms with E-state index in [9.17, 15) is 8.42 Å². The molecule has 1 N–H and O–H groups in total. The fourth-order valence-corrected chi connectivity index (χ4v) is 2.68. The summed E-state index contributed by atoms with van der Waals surface area (Å²) >= 11 is 0. The standard InChI is InChI=1S/C12H27NO3S/c1-5-12(6-2,7-10-17(4,14)15)11-13-8-9-16-3/h13H,5-11H2,1-4H3. The van der Waals surface area contributed by atoms with Crippen molar-refractivity contribution in [1.82, 2.24) is 5.32 Å². The molecular formula is C12H27NO3S. The van der Waals surface area contributed by atoms with Crippen LogP contribution in [-0.2, 0) is 14.6 Å². The van der Waals surface area contributed by atoms with E-state index in [0.717, 1.165) is 32.4 Å². The third-order valence-corrected chi connectivity index (χ3v) is 4.43. The van der Waals surface area contributed by atoms with Gasteiger partial charge < -0.3 is 10.1 Å². The zero-order chi connectivity index (χ0) is 13.4. The largest absolute Gasteiger partial charge is 0.383 e. The van der Waals surface area contributed by atoms with Gasteiger partial charge in [0.1, 0.15) is 9.84 Å². The van der Waals surface area contributed by atoms with E-state index in [2.05, 4.69) is 19.2 Å². The first kappa shape index (κ1) is 16.9. The Balaban J connectivity index is 4.25. The molecule has 0 radical (unpaired) electrons. The molecule has 17 heavy (non-hydrogen) atoms. The molecule has 5 heteroatoms. The van der Waals surface area contributed by atoms with Crippen LogP contribution >= 0.6 is 0 Å². The van der Waals surface area contributed by atoms with Crippen LogP contribution in [0.25, 0.3) is 0 Å². The Hall–Kier alpha value is -0.130. The third kappa shape index (κ3) is 7.73. The van der Waals surface area contributed by atoms with Gasteiger partial charge in [0.25, 0.3) is 0 Å². The second-order valence-corrected chi connectivity index (χ2v) is 7.02. The summed E-state index contributed by atoms with van der Waals surface area (Å²) in [5.41, 5.74) is 0.0941. The van der Waals surface area contributed by atoms with E-state index in [0.29, 0.717) is 6.61 Å². The second kappa shape index (κ2) is 8.06. The topological polar surface area (TPSA) is 55.4 Å². The first-order valence-electron chi connectivity index (χ1n) is 6.26. The highest BCUT2D eigenvalue weighted by atomic mass is 32.2. The molecule has 0 heterocycles. The lowest BCUT2D eigenvalue weighted by molar-refractivity contribution is 0.184. The van der Waals surface area contributed by atoms with Crippen LogP contribution < -0.4 is 5.32 Å². The predicted molar refractivity (Wildman–Crippen MR) is 72.1 cm³/mol. The average Bonchev–Trinajstić information content (AvgIpc) is 2.28. The summed E-state index contributed by atoms with van der Waals surface area (Å²) in [4.78, 5) is 0. The second-order valence-electron chi connectivity index (χ2n) is 4.76. The van der Waals surface area contributed by atoms with Crippen molar-refractivity contribution in [2.24, 2.45) is 5.41 Å². The number of ether oxygens (including phenoxy) is 1. The Bertz CT molecular complexity index is 284. The molecule has 0 atom stereocenters. The van der Waals surface area contributed by atoms with Crippen LogP contribution in [0.1, 0.15) is 33.1 Å². The Labute approximate surface area is 106 Å². The highest BCUT2D eigenvalue weighted by molar-refractivity contribution is 7.90. The van der Waals surface area contributed by atoms with Crippen LogP contribution in [-0.4, -0.2) is 47.2 Å². The van der Waals surface area contributed by atoms with Gasteiger partial charge in [0.15, 0.2) is 0 Å². The first-order valence-corrected chi connectivity index (χ1v) is 8.32. The summed E-state index contributed by atoms with van der Waals surface area (Å²) in [7, 11) is -1.19. The van der Waals surface area contributed by atoms with Gasteiger partial charge in [-0.1, -0.05) is 13.8 Å². The molecule has 104 valence electrons. The number of hydrogen-bond donors (Lipinski definition) is 1. The molecule has 0 rings (SSSR count). The van der Waals surface area contributed by atoms with Gasteiger partial charge in [-0.3, -0.25) is 0 Å². The maximum atomic E-state index is 11.2. The minimum atomic E-state index is -2.87. The predicted octanol–water partition coefficient (Wildman–Crippen LogP) is 1.46. The van der Waals surface area contributed by atoms with Gasteiger partial charge in [0, 0.05) is 26.5 Å². The van der Waals surface area contributed by atoms with Crippen LogP contribution in [0.4, 0.5) is 0 Å². The maximum Gasteiger partial charge on any atom is 0.147 e. The van der Waals surface area contributed by atoms with Gasteiger partial charge in [0.2, 0.25) is 0 Å². The van der Waals surface area contributed by atoms with E-state index in [1.54, 1.807) is 7.11 Å². The van der Waals surface area contributed by atoms with Crippen molar-refractivity contribution in [2.75, 3.05) is 38.8 Å². The molecule has 0 bridgehead atoms. The molecule has 0 aliphatic rings. The first-order chi connectivity index (χ1) is 7.89. The molecule has 0 aliphatic carbocycles. The van der Waals surface area contributed by atoms with Gasteiger partial charge in [-0.15, -0.1) is 0 Å². The van der Waals surface area contributed by atoms with Crippen molar-refractivity contribution in [3.8, 4) is 0 Å². The lowest BCUT2D eigenvalue weighted by Gasteiger charge is -2.32. The number of hydrogen-bond acceptors (Lipinski definition) is 4. The Morgan fingerprint density at radius 1 is 1.24 bits per heavy atom. The van der Waals surface area contributed by atoms with E-state index in [1.807, 2.05) is 0 Å². The molecule has 0 saturated heterocycles. The number of methoxy groups -OCH3 is 1. The normalized spacial score (nSPS) is 12.9. The Kier molecular flexibility index (Phi) is 8.00. The Morgan fingerprint density at radius 2 is 1.82 bits per heavy atom. The molecule has 0 saturated carbocycles. The van der Waals surface area contributed by atoms with E-state index in [1.165, 1.54) is 6.26 Å². The molecule has 0 fully saturated rings. The van der Waals surface area contributed by atoms with Gasteiger partial charge in [-0.2, -0.15) is 0 Å². The Morgan fingerprint density at radius 3 is 2.24 bits per heavy atom. The lowest BCUT2D eigenvalue weighted by atomic mass is 9.80. The molecular weight excluding hydrogens is 238 g/mol. The van der Waals surface area contributed by atoms with Crippen molar-refractivity contribution < 1.29 is 13.2 Å². The van der Waals surface area contributed by atoms with Gasteiger partial charge in [0.05, 0.1) is 12.4 Å². The quantitative estimate of drug-likeness (QED) is 0.608. The zero-order valence-electron chi connectivity index (χ0n) is 11.6. The summed E-state index contributed by atoms with van der Waals surface area (Å²) < 4.78 is 27.5. The molecule has 0 aromatic heterocycles. The van der Waals surface area contributed by atoms with Gasteiger partial charge in [-0.05, 0) is 24.7 Å². The van der Waals surface area contributed by atoms with E-state index < -0.39 is 9.84 Å². The molecule has 4 nitrogen and oxygen atoms in total. The van der Waals surface area contributed by atoms with Crippen molar-refractivity contribution >= 4 is 9.84 Å². The van der Waals surface area contributed by atoms with Crippen LogP contribution in [0.3, 0.4) is 0 Å². The maximum absolute atomic E-state index is 11.2. The van der Waals surface area contributed by atoms with Crippen molar-refractivity contribution in [3.63, 3.8) is 0 Å². The fraction of sp³-hybridized carbons (Fsp3) is 1.00. The van der Waals surface area contributed by atoms with Crippen LogP contribution in [0, 0.1) is 5.41 Å². The zero-order valence-corrected chi connectivity index (χ0v) is 12.4. The SMILES string of the molecule is CCC(CC)(CCS(C)(=O)=O)CNCCOC. The summed E-state index contributed by atoms with van der Waals surface area (Å²) in [6, 6.07) is 0. The fourth-order valence-electron chi connectivity index (χ4n) is 1.87. The highest BCUT2D eigenvalue weighted by Gasteiger charge is 2.26. The minimum absolute atomic E-state index is 0.0941. The molecule has 0 spiro atoms. The summed E-state index contributed by atoms with van der Waals surface area (Å²) in [6.07, 6.45) is 4.04. The smallest absolute Gasteiger partial charge is 0.147 e. The van der Waals surface area contributed by atoms with E-state index in [-0.39, 0.29) is 11.2 Å². The molecule has 0 unspecified atom stereocenters. The lowest BCUT2D eigenvalue weighted by Crippen LogP contribution is -2.36. The van der Waals surface area contributed by atoms with Crippen LogP contribution in [0.5, 0.6) is 0 Å². The molecule has 0 aromatic rings. The van der Waals surface area contributed by atoms with Crippen molar-refractivity contribution in [2.45, 2.75) is 33.1 Å². The summed E-state index contributed by atoms with van der Waals surface area (Å²) in [5, 5.41) is 3.35. The third-order valence-electron chi connectivity index (χ3n) is 3.49. The van der Waals surface area contributed by atoms with Crippen LogP contribution in [0.2, 0.25) is 0 Å². The van der Waals surface area contributed by atoms with Crippen molar-refractivity contribution in [1.29, 1.82) is 0 Å². The number of nitrogens with one attached hydrogen (secondary N) is 1. The monoisotopic (exact) mass is 265 g/mol. The average molecular weight is 265 g/mol. The molecule has 0 aromatic carbocycles. The van der Waals surface area contributed by atoms with E-state index in [4.69, 9.17) is 4.74 Å². The summed E-state index contributed by atoms with van der Waals surface area (Å²) in [5.74, 6) is 0.278. The highest BCUT2D eigenvalue weighted by Crippen LogP contribution is 2.30. The van der Waals surface area contributed by atoms with E-state index >= 15 is 0 Å². The van der Waals surface area contributed by atoms with Gasteiger partial charge >= 0.3 is 0 Å².